The molecule has 1 aromatic carbocycles. The molecular formula is C14H23NOS. The second-order valence-corrected chi connectivity index (χ2v) is 4.80. The first kappa shape index (κ1) is 14.4. The Hall–Kier alpha value is -0.670. The number of rotatable bonds is 9. The Morgan fingerprint density at radius 1 is 1.18 bits per heavy atom. The summed E-state index contributed by atoms with van der Waals surface area (Å²) in [5.41, 5.74) is 0. The van der Waals surface area contributed by atoms with Gasteiger partial charge in [-0.3, -0.25) is 0 Å². The molecule has 0 radical (unpaired) electrons. The van der Waals surface area contributed by atoms with E-state index in [1.807, 2.05) is 18.2 Å². The third kappa shape index (κ3) is 5.99. The normalized spacial score (nSPS) is 10.5. The fourth-order valence-corrected chi connectivity index (χ4v) is 2.12. The molecule has 0 saturated heterocycles. The standard InChI is InChI=1S/C14H23NOS/c1-3-10-15-11-6-7-12-16-13-8-4-5-9-14(13)17-2/h4-5,8-9,15H,3,6-7,10-12H2,1-2H3. The molecule has 0 unspecified atom stereocenters. The number of hydrogen-bond acceptors (Lipinski definition) is 3. The van der Waals surface area contributed by atoms with Gasteiger partial charge in [0.05, 0.1) is 6.61 Å². The van der Waals surface area contributed by atoms with Crippen LogP contribution in [0.3, 0.4) is 0 Å². The Bertz CT molecular complexity index is 304. The lowest BCUT2D eigenvalue weighted by Gasteiger charge is -2.09. The summed E-state index contributed by atoms with van der Waals surface area (Å²) >= 11 is 1.73. The average molecular weight is 253 g/mol. The topological polar surface area (TPSA) is 21.3 Å². The third-order valence-electron chi connectivity index (χ3n) is 2.50. The lowest BCUT2D eigenvalue weighted by molar-refractivity contribution is 0.299. The molecule has 1 aromatic rings. The van der Waals surface area contributed by atoms with Crippen LogP contribution in [0.2, 0.25) is 0 Å². The molecule has 0 atom stereocenters. The van der Waals surface area contributed by atoms with Gasteiger partial charge >= 0.3 is 0 Å². The minimum atomic E-state index is 0.811. The number of benzene rings is 1. The smallest absolute Gasteiger partial charge is 0.132 e. The van der Waals surface area contributed by atoms with E-state index in [0.29, 0.717) is 0 Å². The van der Waals surface area contributed by atoms with E-state index in [9.17, 15) is 0 Å². The molecule has 3 heteroatoms. The summed E-state index contributed by atoms with van der Waals surface area (Å²) in [7, 11) is 0. The van der Waals surface area contributed by atoms with E-state index in [0.717, 1.165) is 31.9 Å². The number of thioether (sulfide) groups is 1. The van der Waals surface area contributed by atoms with E-state index < -0.39 is 0 Å². The first-order valence-corrected chi connectivity index (χ1v) is 7.57. The fourth-order valence-electron chi connectivity index (χ4n) is 1.57. The van der Waals surface area contributed by atoms with Crippen molar-refractivity contribution in [2.75, 3.05) is 26.0 Å². The summed E-state index contributed by atoms with van der Waals surface area (Å²) in [4.78, 5) is 1.22. The van der Waals surface area contributed by atoms with Crippen LogP contribution < -0.4 is 10.1 Å². The van der Waals surface area contributed by atoms with Gasteiger partial charge < -0.3 is 10.1 Å². The molecule has 1 N–H and O–H groups in total. The molecule has 1 rings (SSSR count). The minimum absolute atomic E-state index is 0.811. The number of ether oxygens (including phenoxy) is 1. The Labute approximate surface area is 109 Å². The molecule has 0 bridgehead atoms. The van der Waals surface area contributed by atoms with Crippen LogP contribution >= 0.6 is 11.8 Å². The van der Waals surface area contributed by atoms with Crippen molar-refractivity contribution in [3.63, 3.8) is 0 Å². The lowest BCUT2D eigenvalue weighted by Crippen LogP contribution is -2.16. The van der Waals surface area contributed by atoms with Crippen LogP contribution in [0.1, 0.15) is 26.2 Å². The zero-order chi connectivity index (χ0) is 12.3. The average Bonchev–Trinajstić information content (AvgIpc) is 2.38. The lowest BCUT2D eigenvalue weighted by atomic mass is 10.3. The van der Waals surface area contributed by atoms with Crippen molar-refractivity contribution in [3.05, 3.63) is 24.3 Å². The third-order valence-corrected chi connectivity index (χ3v) is 3.28. The van der Waals surface area contributed by atoms with Crippen LogP contribution in [0.15, 0.2) is 29.2 Å². The van der Waals surface area contributed by atoms with Crippen molar-refractivity contribution in [3.8, 4) is 5.75 Å². The molecule has 0 heterocycles. The van der Waals surface area contributed by atoms with Crippen LogP contribution in [0, 0.1) is 0 Å². The van der Waals surface area contributed by atoms with E-state index in [-0.39, 0.29) is 0 Å². The van der Waals surface area contributed by atoms with Gasteiger partial charge in [0, 0.05) is 4.90 Å². The molecule has 17 heavy (non-hydrogen) atoms. The summed E-state index contributed by atoms with van der Waals surface area (Å²) < 4.78 is 5.79. The van der Waals surface area contributed by atoms with E-state index in [2.05, 4.69) is 24.6 Å². The van der Waals surface area contributed by atoms with Crippen LogP contribution in [0.4, 0.5) is 0 Å². The highest BCUT2D eigenvalue weighted by molar-refractivity contribution is 7.98. The number of hydrogen-bond donors (Lipinski definition) is 1. The molecule has 2 nitrogen and oxygen atoms in total. The van der Waals surface area contributed by atoms with Crippen molar-refractivity contribution in [2.24, 2.45) is 0 Å². The SMILES string of the molecule is CCCNCCCCOc1ccccc1SC. The Morgan fingerprint density at radius 3 is 2.76 bits per heavy atom. The van der Waals surface area contributed by atoms with Crippen molar-refractivity contribution < 1.29 is 4.74 Å². The monoisotopic (exact) mass is 253 g/mol. The molecule has 96 valence electrons. The largest absolute Gasteiger partial charge is 0.492 e. The predicted molar refractivity (Wildman–Crippen MR) is 76.1 cm³/mol. The number of para-hydroxylation sites is 1. The fraction of sp³-hybridized carbons (Fsp3) is 0.571. The van der Waals surface area contributed by atoms with Crippen molar-refractivity contribution in [1.82, 2.24) is 5.32 Å². The minimum Gasteiger partial charge on any atom is -0.492 e. The molecule has 0 aliphatic rings. The van der Waals surface area contributed by atoms with Crippen LogP contribution in [0.5, 0.6) is 5.75 Å². The van der Waals surface area contributed by atoms with Crippen LogP contribution in [0.25, 0.3) is 0 Å². The van der Waals surface area contributed by atoms with Crippen molar-refractivity contribution in [1.29, 1.82) is 0 Å². The van der Waals surface area contributed by atoms with Gasteiger partial charge in [-0.2, -0.15) is 0 Å². The van der Waals surface area contributed by atoms with Gasteiger partial charge in [0.25, 0.3) is 0 Å². The molecule has 0 fully saturated rings. The van der Waals surface area contributed by atoms with Gasteiger partial charge in [-0.1, -0.05) is 19.1 Å². The van der Waals surface area contributed by atoms with Gasteiger partial charge in [0.15, 0.2) is 0 Å². The van der Waals surface area contributed by atoms with Gasteiger partial charge in [-0.25, -0.2) is 0 Å². The molecule has 0 amide bonds. The highest BCUT2D eigenvalue weighted by Gasteiger charge is 2.00. The predicted octanol–water partition coefficient (Wildman–Crippen LogP) is 3.57. The molecule has 0 aromatic heterocycles. The summed E-state index contributed by atoms with van der Waals surface area (Å²) in [5.74, 6) is 1.02. The maximum absolute atomic E-state index is 5.79. The first-order chi connectivity index (χ1) is 8.38. The molecule has 0 aliphatic heterocycles. The highest BCUT2D eigenvalue weighted by Crippen LogP contribution is 2.26. The van der Waals surface area contributed by atoms with E-state index >= 15 is 0 Å². The van der Waals surface area contributed by atoms with Crippen molar-refractivity contribution >= 4 is 11.8 Å². The number of unbranched alkanes of at least 4 members (excludes halogenated alkanes) is 1. The maximum Gasteiger partial charge on any atom is 0.132 e. The van der Waals surface area contributed by atoms with Gasteiger partial charge in [-0.15, -0.1) is 11.8 Å². The Balaban J connectivity index is 2.13. The van der Waals surface area contributed by atoms with E-state index in [1.165, 1.54) is 17.7 Å². The summed E-state index contributed by atoms with van der Waals surface area (Å²) in [6.45, 7) is 5.22. The van der Waals surface area contributed by atoms with Gasteiger partial charge in [-0.05, 0) is 50.7 Å². The maximum atomic E-state index is 5.79. The van der Waals surface area contributed by atoms with Gasteiger partial charge in [0.1, 0.15) is 5.75 Å². The van der Waals surface area contributed by atoms with Crippen LogP contribution in [-0.4, -0.2) is 26.0 Å². The summed E-state index contributed by atoms with van der Waals surface area (Å²) in [6.07, 6.45) is 5.58. The molecular weight excluding hydrogens is 230 g/mol. The molecule has 0 spiro atoms. The number of nitrogens with one attached hydrogen (secondary N) is 1. The van der Waals surface area contributed by atoms with E-state index in [4.69, 9.17) is 4.74 Å². The molecule has 0 saturated carbocycles. The second-order valence-electron chi connectivity index (χ2n) is 3.96. The Kier molecular flexibility index (Phi) is 7.93. The zero-order valence-corrected chi connectivity index (χ0v) is 11.7. The van der Waals surface area contributed by atoms with Gasteiger partial charge in [0.2, 0.25) is 0 Å². The van der Waals surface area contributed by atoms with Crippen LogP contribution in [-0.2, 0) is 0 Å². The zero-order valence-electron chi connectivity index (χ0n) is 10.9. The summed E-state index contributed by atoms with van der Waals surface area (Å²) in [6, 6.07) is 8.22. The highest BCUT2D eigenvalue weighted by atomic mass is 32.2. The molecule has 0 aliphatic carbocycles. The van der Waals surface area contributed by atoms with Crippen molar-refractivity contribution in [2.45, 2.75) is 31.1 Å². The second kappa shape index (κ2) is 9.37. The van der Waals surface area contributed by atoms with E-state index in [1.54, 1.807) is 11.8 Å². The quantitative estimate of drug-likeness (QED) is 0.537. The summed E-state index contributed by atoms with van der Waals surface area (Å²) in [5, 5.41) is 3.40. The first-order valence-electron chi connectivity index (χ1n) is 6.35. The Morgan fingerprint density at radius 2 is 2.00 bits per heavy atom.